The van der Waals surface area contributed by atoms with Crippen LogP contribution in [0.15, 0.2) is 102 Å². The van der Waals surface area contributed by atoms with Crippen molar-refractivity contribution < 1.29 is 18.0 Å². The van der Waals surface area contributed by atoms with Crippen molar-refractivity contribution in [2.24, 2.45) is 0 Å². The predicted octanol–water partition coefficient (Wildman–Crippen LogP) is 4.18. The van der Waals surface area contributed by atoms with E-state index < -0.39 is 22.0 Å². The van der Waals surface area contributed by atoms with Crippen molar-refractivity contribution >= 4 is 38.7 Å². The molecule has 1 amide bonds. The third-order valence-electron chi connectivity index (χ3n) is 5.19. The minimum Gasteiger partial charge on any atom is -0.342 e. The summed E-state index contributed by atoms with van der Waals surface area (Å²) in [5.74, 6) is -0.522. The Hall–Kier alpha value is -3.97. The van der Waals surface area contributed by atoms with Gasteiger partial charge in [0.25, 0.3) is 15.9 Å². The molecule has 0 saturated carbocycles. The van der Waals surface area contributed by atoms with Crippen LogP contribution in [0.1, 0.15) is 15.9 Å². The molecule has 0 aromatic heterocycles. The fraction of sp³-hybridized carbons (Fsp3) is 0.0769. The van der Waals surface area contributed by atoms with Gasteiger partial charge in [-0.3, -0.25) is 9.52 Å². The molecule has 6 nitrogen and oxygen atoms in total. The van der Waals surface area contributed by atoms with E-state index in [1.807, 2.05) is 60.7 Å². The smallest absolute Gasteiger partial charge is 0.261 e. The Morgan fingerprint density at radius 2 is 1.55 bits per heavy atom. The number of aldehydes is 1. The summed E-state index contributed by atoms with van der Waals surface area (Å²) in [5.41, 5.74) is 1.48. The number of hydrogen-bond donors (Lipinski definition) is 2. The van der Waals surface area contributed by atoms with Crippen LogP contribution in [-0.4, -0.2) is 26.7 Å². The van der Waals surface area contributed by atoms with E-state index >= 15 is 0 Å². The van der Waals surface area contributed by atoms with E-state index in [-0.39, 0.29) is 10.5 Å². The molecule has 0 unspecified atom stereocenters. The van der Waals surface area contributed by atoms with Gasteiger partial charge in [0.2, 0.25) is 0 Å². The highest BCUT2D eigenvalue weighted by atomic mass is 32.2. The standard InChI is InChI=1S/C26H22N2O4S/c29-18-24(15-19-7-2-1-3-8-19)27-26(30)22-11-6-12-25(17-22)33(31,32)28-23-14-13-20-9-4-5-10-21(20)16-23/h1-14,16-18,24,28H,15H2,(H,27,30)/t24-/m0/s1. The molecule has 0 spiro atoms. The van der Waals surface area contributed by atoms with Crippen LogP contribution in [0.4, 0.5) is 5.69 Å². The number of carbonyl (C=O) groups is 2. The molecule has 0 heterocycles. The lowest BCUT2D eigenvalue weighted by Crippen LogP contribution is -2.37. The van der Waals surface area contributed by atoms with Gasteiger partial charge in [-0.2, -0.15) is 0 Å². The van der Waals surface area contributed by atoms with Gasteiger partial charge < -0.3 is 10.1 Å². The summed E-state index contributed by atoms with van der Waals surface area (Å²) in [5, 5.41) is 4.56. The third-order valence-corrected chi connectivity index (χ3v) is 6.57. The molecule has 4 rings (SSSR count). The second-order valence-electron chi connectivity index (χ2n) is 7.60. The highest BCUT2D eigenvalue weighted by Gasteiger charge is 2.19. The molecule has 0 fully saturated rings. The van der Waals surface area contributed by atoms with E-state index in [9.17, 15) is 18.0 Å². The summed E-state index contributed by atoms with van der Waals surface area (Å²) < 4.78 is 28.4. The van der Waals surface area contributed by atoms with Gasteiger partial charge in [-0.1, -0.05) is 66.7 Å². The van der Waals surface area contributed by atoms with Crippen molar-refractivity contribution in [3.05, 3.63) is 108 Å². The first-order valence-electron chi connectivity index (χ1n) is 10.4. The number of benzene rings is 4. The topological polar surface area (TPSA) is 92.3 Å². The number of hydrogen-bond acceptors (Lipinski definition) is 4. The van der Waals surface area contributed by atoms with Crippen LogP contribution in [0.25, 0.3) is 10.8 Å². The van der Waals surface area contributed by atoms with Crippen LogP contribution in [0.5, 0.6) is 0 Å². The van der Waals surface area contributed by atoms with E-state index in [1.54, 1.807) is 12.1 Å². The lowest BCUT2D eigenvalue weighted by atomic mass is 10.1. The predicted molar refractivity (Wildman–Crippen MR) is 129 cm³/mol. The highest BCUT2D eigenvalue weighted by molar-refractivity contribution is 7.92. The van der Waals surface area contributed by atoms with Crippen molar-refractivity contribution in [1.82, 2.24) is 5.32 Å². The molecule has 7 heteroatoms. The van der Waals surface area contributed by atoms with E-state index in [0.29, 0.717) is 18.4 Å². The Labute approximate surface area is 192 Å². The van der Waals surface area contributed by atoms with Crippen molar-refractivity contribution in [2.75, 3.05) is 4.72 Å². The van der Waals surface area contributed by atoms with Crippen molar-refractivity contribution in [3.8, 4) is 0 Å². The molecule has 0 aliphatic carbocycles. The summed E-state index contributed by atoms with van der Waals surface area (Å²) in [6.07, 6.45) is 1.02. The summed E-state index contributed by atoms with van der Waals surface area (Å²) >= 11 is 0. The first kappa shape index (κ1) is 22.2. The molecular formula is C26H22N2O4S. The van der Waals surface area contributed by atoms with Crippen LogP contribution in [-0.2, 0) is 21.2 Å². The molecule has 4 aromatic carbocycles. The van der Waals surface area contributed by atoms with Crippen LogP contribution in [0.2, 0.25) is 0 Å². The third kappa shape index (κ3) is 5.45. The molecule has 0 aliphatic rings. The van der Waals surface area contributed by atoms with E-state index in [0.717, 1.165) is 16.3 Å². The van der Waals surface area contributed by atoms with Crippen LogP contribution >= 0.6 is 0 Å². The summed E-state index contributed by atoms with van der Waals surface area (Å²) in [4.78, 5) is 24.1. The molecule has 1 atom stereocenters. The molecule has 2 N–H and O–H groups in total. The number of nitrogens with one attached hydrogen (secondary N) is 2. The van der Waals surface area contributed by atoms with Crippen LogP contribution in [0, 0.1) is 0 Å². The Kier molecular flexibility index (Phi) is 6.51. The lowest BCUT2D eigenvalue weighted by molar-refractivity contribution is -0.109. The second kappa shape index (κ2) is 9.67. The average molecular weight is 459 g/mol. The summed E-state index contributed by atoms with van der Waals surface area (Å²) in [6.45, 7) is 0. The van der Waals surface area contributed by atoms with E-state index in [1.165, 1.54) is 24.3 Å². The zero-order chi connectivity index (χ0) is 23.3. The minimum atomic E-state index is -3.92. The largest absolute Gasteiger partial charge is 0.342 e. The molecular weight excluding hydrogens is 436 g/mol. The average Bonchev–Trinajstić information content (AvgIpc) is 2.84. The zero-order valence-corrected chi connectivity index (χ0v) is 18.5. The van der Waals surface area contributed by atoms with Crippen LogP contribution in [0.3, 0.4) is 0 Å². The van der Waals surface area contributed by atoms with Gasteiger partial charge in [0.1, 0.15) is 6.29 Å². The van der Waals surface area contributed by atoms with Gasteiger partial charge in [-0.25, -0.2) is 8.42 Å². The van der Waals surface area contributed by atoms with Gasteiger partial charge in [-0.05, 0) is 53.1 Å². The van der Waals surface area contributed by atoms with Gasteiger partial charge in [-0.15, -0.1) is 0 Å². The van der Waals surface area contributed by atoms with Gasteiger partial charge in [0.15, 0.2) is 0 Å². The quantitative estimate of drug-likeness (QED) is 0.388. The number of carbonyl (C=O) groups excluding carboxylic acids is 2. The first-order valence-corrected chi connectivity index (χ1v) is 11.8. The molecule has 0 radical (unpaired) electrons. The second-order valence-corrected chi connectivity index (χ2v) is 9.28. The summed E-state index contributed by atoms with van der Waals surface area (Å²) in [6, 6.07) is 27.2. The van der Waals surface area contributed by atoms with Gasteiger partial charge >= 0.3 is 0 Å². The fourth-order valence-corrected chi connectivity index (χ4v) is 4.62. The molecule has 0 saturated heterocycles. The molecule has 0 bridgehead atoms. The summed E-state index contributed by atoms with van der Waals surface area (Å²) in [7, 11) is -3.92. The number of fused-ring (bicyclic) bond motifs is 1. The van der Waals surface area contributed by atoms with Gasteiger partial charge in [0, 0.05) is 11.3 Å². The number of rotatable bonds is 8. The van der Waals surface area contributed by atoms with E-state index in [4.69, 9.17) is 0 Å². The maximum Gasteiger partial charge on any atom is 0.261 e. The number of amides is 1. The lowest BCUT2D eigenvalue weighted by Gasteiger charge is -2.14. The molecule has 166 valence electrons. The maximum absolute atomic E-state index is 12.9. The number of anilines is 1. The number of sulfonamides is 1. The monoisotopic (exact) mass is 458 g/mol. The first-order chi connectivity index (χ1) is 15.9. The SMILES string of the molecule is O=C[C@H](Cc1ccccc1)NC(=O)c1cccc(S(=O)(=O)Nc2ccc3ccccc3c2)c1. The van der Waals surface area contributed by atoms with Crippen molar-refractivity contribution in [3.63, 3.8) is 0 Å². The van der Waals surface area contributed by atoms with Crippen molar-refractivity contribution in [2.45, 2.75) is 17.4 Å². The Morgan fingerprint density at radius 3 is 2.30 bits per heavy atom. The van der Waals surface area contributed by atoms with E-state index in [2.05, 4.69) is 10.0 Å². The highest BCUT2D eigenvalue weighted by Crippen LogP contribution is 2.22. The fourth-order valence-electron chi connectivity index (χ4n) is 3.52. The Bertz CT molecular complexity index is 1400. The molecule has 0 aliphatic heterocycles. The minimum absolute atomic E-state index is 0.0472. The Morgan fingerprint density at radius 1 is 0.818 bits per heavy atom. The Balaban J connectivity index is 1.50. The zero-order valence-electron chi connectivity index (χ0n) is 17.6. The molecule has 4 aromatic rings. The normalized spacial score (nSPS) is 12.1. The maximum atomic E-state index is 12.9. The molecule has 33 heavy (non-hydrogen) atoms. The van der Waals surface area contributed by atoms with Crippen molar-refractivity contribution in [1.29, 1.82) is 0 Å². The van der Waals surface area contributed by atoms with Gasteiger partial charge in [0.05, 0.1) is 10.9 Å². The van der Waals surface area contributed by atoms with Crippen LogP contribution < -0.4 is 10.0 Å².